The molecule has 0 aromatic carbocycles. The molecule has 0 aromatic rings. The number of hydrogen-bond donors (Lipinski definition) is 2. The number of carbonyl (C=O) groups excluding carboxylic acids is 1. The van der Waals surface area contributed by atoms with E-state index < -0.39 is 11.9 Å². The lowest BCUT2D eigenvalue weighted by atomic mass is 9.99. The molecule has 2 fully saturated rings. The molecule has 2 aliphatic heterocycles. The number of rotatable bonds is 4. The van der Waals surface area contributed by atoms with Crippen LogP contribution in [0, 0.1) is 5.92 Å². The highest BCUT2D eigenvalue weighted by Crippen LogP contribution is 2.16. The van der Waals surface area contributed by atoms with Gasteiger partial charge in [-0.05, 0) is 38.8 Å². The van der Waals surface area contributed by atoms with E-state index in [2.05, 4.69) is 10.2 Å². The maximum atomic E-state index is 11.9. The monoisotopic (exact) mass is 269 g/mol. The average Bonchev–Trinajstić information content (AvgIpc) is 2.92. The third kappa shape index (κ3) is 4.09. The second-order valence-corrected chi connectivity index (χ2v) is 5.40. The quantitative estimate of drug-likeness (QED) is 0.783. The van der Waals surface area contributed by atoms with Crippen molar-refractivity contribution in [1.29, 1.82) is 0 Å². The number of nitrogens with zero attached hydrogens (tertiary/aromatic N) is 2. The van der Waals surface area contributed by atoms with Crippen LogP contribution >= 0.6 is 0 Å². The number of carboxylic acids is 1. The Bertz CT molecular complexity index is 329. The summed E-state index contributed by atoms with van der Waals surface area (Å²) in [5.41, 5.74) is 0. The maximum Gasteiger partial charge on any atom is 0.317 e. The Morgan fingerprint density at radius 1 is 1.16 bits per heavy atom. The largest absolute Gasteiger partial charge is 0.481 e. The van der Waals surface area contributed by atoms with Crippen molar-refractivity contribution in [2.45, 2.75) is 25.7 Å². The maximum absolute atomic E-state index is 11.9. The van der Waals surface area contributed by atoms with Crippen molar-refractivity contribution in [2.75, 3.05) is 39.3 Å². The fourth-order valence-electron chi connectivity index (χ4n) is 2.80. The molecule has 0 spiro atoms. The second-order valence-electron chi connectivity index (χ2n) is 5.40. The Morgan fingerprint density at radius 2 is 1.89 bits per heavy atom. The number of hydrogen-bond acceptors (Lipinski definition) is 3. The molecule has 0 unspecified atom stereocenters. The van der Waals surface area contributed by atoms with E-state index in [0.717, 1.165) is 26.1 Å². The number of carbonyl (C=O) groups is 2. The number of piperidine rings is 1. The number of amides is 2. The van der Waals surface area contributed by atoms with Gasteiger partial charge in [0.15, 0.2) is 0 Å². The first kappa shape index (κ1) is 14.1. The number of carboxylic acid groups (broad SMARTS) is 1. The normalized spacial score (nSPS) is 24.4. The first-order chi connectivity index (χ1) is 9.16. The molecule has 108 valence electrons. The molecule has 0 radical (unpaired) electrons. The topological polar surface area (TPSA) is 72.9 Å². The van der Waals surface area contributed by atoms with E-state index in [1.165, 1.54) is 12.8 Å². The molecular formula is C13H23N3O3. The zero-order valence-corrected chi connectivity index (χ0v) is 11.3. The second kappa shape index (κ2) is 6.75. The van der Waals surface area contributed by atoms with Gasteiger partial charge < -0.3 is 20.2 Å². The standard InChI is InChI=1S/C13H23N3O3/c17-12(18)11-4-3-8-16(10-11)13(19)14-5-9-15-6-1-2-7-15/h11H,1-10H2,(H,14,19)(H,17,18)/t11-/m1/s1. The molecule has 0 saturated carbocycles. The van der Waals surface area contributed by atoms with Crippen LogP contribution < -0.4 is 5.32 Å². The molecule has 2 amide bonds. The van der Waals surface area contributed by atoms with Crippen LogP contribution in [0.1, 0.15) is 25.7 Å². The van der Waals surface area contributed by atoms with Crippen molar-refractivity contribution in [3.05, 3.63) is 0 Å². The Hall–Kier alpha value is -1.30. The summed E-state index contributed by atoms with van der Waals surface area (Å²) in [7, 11) is 0. The van der Waals surface area contributed by atoms with Gasteiger partial charge in [0.2, 0.25) is 0 Å². The zero-order chi connectivity index (χ0) is 13.7. The molecule has 0 aromatic heterocycles. The van der Waals surface area contributed by atoms with Crippen LogP contribution in [0.3, 0.4) is 0 Å². The predicted octanol–water partition coefficient (Wildman–Crippen LogP) is 0.588. The summed E-state index contributed by atoms with van der Waals surface area (Å²) in [5, 5.41) is 11.9. The van der Waals surface area contributed by atoms with Crippen LogP contribution in [0.15, 0.2) is 0 Å². The Kier molecular flexibility index (Phi) is 5.01. The van der Waals surface area contributed by atoms with Gasteiger partial charge in [-0.15, -0.1) is 0 Å². The smallest absolute Gasteiger partial charge is 0.317 e. The van der Waals surface area contributed by atoms with Gasteiger partial charge in [0.05, 0.1) is 5.92 Å². The molecule has 19 heavy (non-hydrogen) atoms. The van der Waals surface area contributed by atoms with Gasteiger partial charge >= 0.3 is 12.0 Å². The van der Waals surface area contributed by atoms with Crippen LogP contribution in [0.5, 0.6) is 0 Å². The summed E-state index contributed by atoms with van der Waals surface area (Å²) < 4.78 is 0. The number of nitrogens with one attached hydrogen (secondary N) is 1. The lowest BCUT2D eigenvalue weighted by Gasteiger charge is -2.31. The fraction of sp³-hybridized carbons (Fsp3) is 0.846. The number of likely N-dealkylation sites (tertiary alicyclic amines) is 2. The molecule has 2 heterocycles. The van der Waals surface area contributed by atoms with E-state index in [9.17, 15) is 9.59 Å². The molecule has 0 bridgehead atoms. The summed E-state index contributed by atoms with van der Waals surface area (Å²) in [4.78, 5) is 26.9. The van der Waals surface area contributed by atoms with E-state index in [1.807, 2.05) is 0 Å². The molecule has 2 aliphatic rings. The molecule has 6 heteroatoms. The molecule has 2 rings (SSSR count). The van der Waals surface area contributed by atoms with Crippen molar-refractivity contribution in [1.82, 2.24) is 15.1 Å². The van der Waals surface area contributed by atoms with E-state index in [0.29, 0.717) is 26.1 Å². The van der Waals surface area contributed by atoms with Crippen molar-refractivity contribution in [2.24, 2.45) is 5.92 Å². The summed E-state index contributed by atoms with van der Waals surface area (Å²) in [6.45, 7) is 4.79. The van der Waals surface area contributed by atoms with Gasteiger partial charge in [-0.2, -0.15) is 0 Å². The van der Waals surface area contributed by atoms with E-state index in [-0.39, 0.29) is 6.03 Å². The van der Waals surface area contributed by atoms with Crippen LogP contribution in [-0.2, 0) is 4.79 Å². The van der Waals surface area contributed by atoms with Gasteiger partial charge in [-0.1, -0.05) is 0 Å². The van der Waals surface area contributed by atoms with Crippen LogP contribution in [0.25, 0.3) is 0 Å². The predicted molar refractivity (Wildman–Crippen MR) is 71.0 cm³/mol. The summed E-state index contributed by atoms with van der Waals surface area (Å²) >= 11 is 0. The Labute approximate surface area is 113 Å². The van der Waals surface area contributed by atoms with Crippen molar-refractivity contribution >= 4 is 12.0 Å². The first-order valence-corrected chi connectivity index (χ1v) is 7.15. The van der Waals surface area contributed by atoms with Crippen LogP contribution in [0.2, 0.25) is 0 Å². The van der Waals surface area contributed by atoms with Gasteiger partial charge in [0.1, 0.15) is 0 Å². The molecule has 0 aliphatic carbocycles. The minimum Gasteiger partial charge on any atom is -0.481 e. The van der Waals surface area contributed by atoms with Crippen molar-refractivity contribution < 1.29 is 14.7 Å². The summed E-state index contributed by atoms with van der Waals surface area (Å²) in [5.74, 6) is -1.20. The van der Waals surface area contributed by atoms with Crippen molar-refractivity contribution in [3.8, 4) is 0 Å². The fourth-order valence-corrected chi connectivity index (χ4v) is 2.80. The lowest BCUT2D eigenvalue weighted by Crippen LogP contribution is -2.48. The van der Waals surface area contributed by atoms with Gasteiger partial charge in [-0.25, -0.2) is 4.79 Å². The average molecular weight is 269 g/mol. The molecule has 2 saturated heterocycles. The Balaban J connectivity index is 1.68. The van der Waals surface area contributed by atoms with Crippen LogP contribution in [0.4, 0.5) is 4.79 Å². The van der Waals surface area contributed by atoms with E-state index >= 15 is 0 Å². The SMILES string of the molecule is O=C(O)[C@@H]1CCCN(C(=O)NCCN2CCCC2)C1. The summed E-state index contributed by atoms with van der Waals surface area (Å²) in [6.07, 6.45) is 3.95. The molecular weight excluding hydrogens is 246 g/mol. The van der Waals surface area contributed by atoms with E-state index in [4.69, 9.17) is 5.11 Å². The van der Waals surface area contributed by atoms with Crippen molar-refractivity contribution in [3.63, 3.8) is 0 Å². The van der Waals surface area contributed by atoms with Gasteiger partial charge in [0.25, 0.3) is 0 Å². The first-order valence-electron chi connectivity index (χ1n) is 7.15. The third-order valence-electron chi connectivity index (χ3n) is 3.96. The van der Waals surface area contributed by atoms with E-state index in [1.54, 1.807) is 4.90 Å². The number of urea groups is 1. The lowest BCUT2D eigenvalue weighted by molar-refractivity contribution is -0.143. The highest BCUT2D eigenvalue weighted by molar-refractivity contribution is 5.76. The highest BCUT2D eigenvalue weighted by atomic mass is 16.4. The zero-order valence-electron chi connectivity index (χ0n) is 11.3. The molecule has 1 atom stereocenters. The summed E-state index contributed by atoms with van der Waals surface area (Å²) in [6, 6.07) is -0.120. The Morgan fingerprint density at radius 3 is 2.58 bits per heavy atom. The molecule has 2 N–H and O–H groups in total. The van der Waals surface area contributed by atoms with Gasteiger partial charge in [0, 0.05) is 26.2 Å². The van der Waals surface area contributed by atoms with Crippen LogP contribution in [-0.4, -0.2) is 66.2 Å². The molecule has 6 nitrogen and oxygen atoms in total. The third-order valence-corrected chi connectivity index (χ3v) is 3.96. The van der Waals surface area contributed by atoms with Gasteiger partial charge in [-0.3, -0.25) is 4.79 Å². The highest BCUT2D eigenvalue weighted by Gasteiger charge is 2.27. The minimum absolute atomic E-state index is 0.120. The minimum atomic E-state index is -0.797. The number of aliphatic carboxylic acids is 1.